The van der Waals surface area contributed by atoms with Gasteiger partial charge in [0, 0.05) is 24.3 Å². The lowest BCUT2D eigenvalue weighted by Gasteiger charge is -2.27. The second-order valence-corrected chi connectivity index (χ2v) is 7.32. The van der Waals surface area contributed by atoms with Gasteiger partial charge in [-0.2, -0.15) is 13.2 Å². The fourth-order valence-electron chi connectivity index (χ4n) is 3.27. The normalized spacial score (nSPS) is 14.1. The second kappa shape index (κ2) is 9.86. The van der Waals surface area contributed by atoms with Crippen LogP contribution in [0.15, 0.2) is 60.7 Å². The van der Waals surface area contributed by atoms with Crippen LogP contribution >= 0.6 is 0 Å². The molecule has 4 rings (SSSR count). The van der Waals surface area contributed by atoms with Gasteiger partial charge in [-0.15, -0.1) is 10.2 Å². The van der Waals surface area contributed by atoms with Crippen LogP contribution in [-0.4, -0.2) is 49.0 Å². The number of aromatic nitrogens is 2. The van der Waals surface area contributed by atoms with Crippen molar-refractivity contribution in [2.75, 3.05) is 43.1 Å². The molecule has 0 radical (unpaired) electrons. The Morgan fingerprint density at radius 1 is 1.03 bits per heavy atom. The van der Waals surface area contributed by atoms with Gasteiger partial charge in [-0.05, 0) is 42.5 Å². The number of carbonyl (C=O) groups excluding carboxylic acids is 1. The minimum absolute atomic E-state index is 0.0329. The number of anilines is 2. The summed E-state index contributed by atoms with van der Waals surface area (Å²) in [6.07, 6.45) is -4.48. The van der Waals surface area contributed by atoms with E-state index in [2.05, 4.69) is 20.4 Å². The van der Waals surface area contributed by atoms with Crippen LogP contribution in [0, 0.1) is 0 Å². The minimum Gasteiger partial charge on any atom is -0.484 e. The van der Waals surface area contributed by atoms with E-state index in [0.717, 1.165) is 36.6 Å². The number of amides is 1. The zero-order valence-corrected chi connectivity index (χ0v) is 17.5. The molecule has 0 unspecified atom stereocenters. The molecule has 0 aliphatic carbocycles. The van der Waals surface area contributed by atoms with Crippen molar-refractivity contribution in [1.82, 2.24) is 10.2 Å². The molecule has 1 aliphatic rings. The lowest BCUT2D eigenvalue weighted by molar-refractivity contribution is -0.137. The van der Waals surface area contributed by atoms with Crippen LogP contribution < -0.4 is 15.0 Å². The number of alkyl halides is 3. The monoisotopic (exact) mass is 458 g/mol. The first-order chi connectivity index (χ1) is 15.9. The van der Waals surface area contributed by atoms with Crippen molar-refractivity contribution in [2.45, 2.75) is 6.18 Å². The van der Waals surface area contributed by atoms with Crippen LogP contribution in [0.3, 0.4) is 0 Å². The van der Waals surface area contributed by atoms with E-state index >= 15 is 0 Å². The Balaban J connectivity index is 1.31. The Bertz CT molecular complexity index is 1080. The summed E-state index contributed by atoms with van der Waals surface area (Å²) in [5, 5.41) is 11.2. The minimum atomic E-state index is -4.48. The van der Waals surface area contributed by atoms with E-state index in [4.69, 9.17) is 9.47 Å². The van der Waals surface area contributed by atoms with E-state index in [1.807, 2.05) is 12.1 Å². The third kappa shape index (κ3) is 5.98. The van der Waals surface area contributed by atoms with Crippen LogP contribution in [0.1, 0.15) is 5.56 Å². The molecule has 0 saturated carbocycles. The van der Waals surface area contributed by atoms with Crippen molar-refractivity contribution in [2.24, 2.45) is 0 Å². The summed E-state index contributed by atoms with van der Waals surface area (Å²) in [7, 11) is 0. The van der Waals surface area contributed by atoms with Crippen molar-refractivity contribution in [3.63, 3.8) is 0 Å². The second-order valence-electron chi connectivity index (χ2n) is 7.32. The van der Waals surface area contributed by atoms with Crippen molar-refractivity contribution in [3.8, 4) is 17.0 Å². The standard InChI is InChI=1S/C23H21F3N4O3/c24-23(25,26)17-2-1-3-19(14-17)33-15-22(31)27-18-6-4-16(5-7-18)20-8-9-21(29-28-20)30-10-12-32-13-11-30/h1-9,14H,10-13,15H2,(H,27,31). The average molecular weight is 458 g/mol. The number of nitrogens with one attached hydrogen (secondary N) is 1. The largest absolute Gasteiger partial charge is 0.484 e. The molecular formula is C23H21F3N4O3. The highest BCUT2D eigenvalue weighted by Crippen LogP contribution is 2.31. The molecule has 0 bridgehead atoms. The summed E-state index contributed by atoms with van der Waals surface area (Å²) in [6, 6.07) is 15.2. The topological polar surface area (TPSA) is 76.6 Å². The highest BCUT2D eigenvalue weighted by molar-refractivity contribution is 5.92. The summed E-state index contributed by atoms with van der Waals surface area (Å²) in [5.74, 6) is 0.274. The van der Waals surface area contributed by atoms with Crippen molar-refractivity contribution >= 4 is 17.4 Å². The summed E-state index contributed by atoms with van der Waals surface area (Å²) in [6.45, 7) is 2.47. The molecule has 172 valence electrons. The number of benzene rings is 2. The van der Waals surface area contributed by atoms with Gasteiger partial charge in [0.1, 0.15) is 5.75 Å². The molecule has 1 saturated heterocycles. The smallest absolute Gasteiger partial charge is 0.416 e. The van der Waals surface area contributed by atoms with Gasteiger partial charge in [0.25, 0.3) is 5.91 Å². The molecule has 10 heteroatoms. The van der Waals surface area contributed by atoms with Gasteiger partial charge >= 0.3 is 6.18 Å². The quantitative estimate of drug-likeness (QED) is 0.602. The zero-order chi connectivity index (χ0) is 23.3. The van der Waals surface area contributed by atoms with Gasteiger partial charge in [-0.1, -0.05) is 18.2 Å². The van der Waals surface area contributed by atoms with E-state index in [0.29, 0.717) is 24.6 Å². The van der Waals surface area contributed by atoms with Gasteiger partial charge in [-0.25, -0.2) is 0 Å². The van der Waals surface area contributed by atoms with Gasteiger partial charge in [0.2, 0.25) is 0 Å². The molecule has 33 heavy (non-hydrogen) atoms. The number of carbonyl (C=O) groups is 1. The first-order valence-electron chi connectivity index (χ1n) is 10.3. The molecule has 1 aromatic heterocycles. The number of hydrogen-bond acceptors (Lipinski definition) is 6. The highest BCUT2D eigenvalue weighted by atomic mass is 19.4. The maximum absolute atomic E-state index is 12.8. The summed E-state index contributed by atoms with van der Waals surface area (Å²) in [4.78, 5) is 14.2. The van der Waals surface area contributed by atoms with Gasteiger partial charge in [-0.3, -0.25) is 4.79 Å². The zero-order valence-electron chi connectivity index (χ0n) is 17.5. The Kier molecular flexibility index (Phi) is 6.74. The predicted molar refractivity (Wildman–Crippen MR) is 116 cm³/mol. The predicted octanol–water partition coefficient (Wildman–Crippen LogP) is 4.02. The third-order valence-electron chi connectivity index (χ3n) is 4.98. The number of nitrogens with zero attached hydrogens (tertiary/aromatic N) is 3. The van der Waals surface area contributed by atoms with Crippen LogP contribution in [0.4, 0.5) is 24.7 Å². The number of morpholine rings is 1. The molecule has 3 aromatic rings. The van der Waals surface area contributed by atoms with E-state index in [1.165, 1.54) is 12.1 Å². The van der Waals surface area contributed by atoms with E-state index in [1.54, 1.807) is 24.3 Å². The third-order valence-corrected chi connectivity index (χ3v) is 4.98. The van der Waals surface area contributed by atoms with E-state index < -0.39 is 24.3 Å². The molecule has 1 N–H and O–H groups in total. The SMILES string of the molecule is O=C(COc1cccc(C(F)(F)F)c1)Nc1ccc(-c2ccc(N3CCOCC3)nn2)cc1. The summed E-state index contributed by atoms with van der Waals surface area (Å²) < 4.78 is 48.8. The van der Waals surface area contributed by atoms with E-state index in [9.17, 15) is 18.0 Å². The van der Waals surface area contributed by atoms with Crippen molar-refractivity contribution in [1.29, 1.82) is 0 Å². The summed E-state index contributed by atoms with van der Waals surface area (Å²) >= 11 is 0. The van der Waals surface area contributed by atoms with Gasteiger partial charge < -0.3 is 19.7 Å². The molecule has 2 aromatic carbocycles. The van der Waals surface area contributed by atoms with Gasteiger partial charge in [0.15, 0.2) is 12.4 Å². The molecule has 1 fully saturated rings. The first kappa shape index (κ1) is 22.5. The van der Waals surface area contributed by atoms with Crippen LogP contribution in [0.25, 0.3) is 11.3 Å². The maximum atomic E-state index is 12.8. The number of rotatable bonds is 6. The van der Waals surface area contributed by atoms with Crippen molar-refractivity contribution in [3.05, 3.63) is 66.2 Å². The number of halogens is 3. The van der Waals surface area contributed by atoms with Gasteiger partial charge in [0.05, 0.1) is 24.5 Å². The van der Waals surface area contributed by atoms with Crippen molar-refractivity contribution < 1.29 is 27.4 Å². The maximum Gasteiger partial charge on any atom is 0.416 e. The average Bonchev–Trinajstić information content (AvgIpc) is 2.84. The molecule has 2 heterocycles. The van der Waals surface area contributed by atoms with Crippen LogP contribution in [0.2, 0.25) is 0 Å². The fourth-order valence-corrected chi connectivity index (χ4v) is 3.27. The number of ether oxygens (including phenoxy) is 2. The lowest BCUT2D eigenvalue weighted by Crippen LogP contribution is -2.36. The van der Waals surface area contributed by atoms with E-state index in [-0.39, 0.29) is 5.75 Å². The highest BCUT2D eigenvalue weighted by Gasteiger charge is 2.30. The van der Waals surface area contributed by atoms with Crippen LogP contribution in [-0.2, 0) is 15.7 Å². The molecule has 1 amide bonds. The Hall–Kier alpha value is -3.66. The first-order valence-corrected chi connectivity index (χ1v) is 10.3. The molecule has 0 atom stereocenters. The van der Waals surface area contributed by atoms with Crippen LogP contribution in [0.5, 0.6) is 5.75 Å². The fraction of sp³-hybridized carbons (Fsp3) is 0.261. The Labute approximate surface area is 188 Å². The Morgan fingerprint density at radius 3 is 2.45 bits per heavy atom. The summed E-state index contributed by atoms with van der Waals surface area (Å²) in [5.41, 5.74) is 1.21. The Morgan fingerprint density at radius 2 is 1.79 bits per heavy atom. The number of hydrogen-bond donors (Lipinski definition) is 1. The molecule has 0 spiro atoms. The molecule has 7 nitrogen and oxygen atoms in total. The molecular weight excluding hydrogens is 437 g/mol. The molecule has 1 aliphatic heterocycles. The lowest BCUT2D eigenvalue weighted by atomic mass is 10.1.